The molecule has 1 unspecified atom stereocenters. The second kappa shape index (κ2) is 5.02. The van der Waals surface area contributed by atoms with Gasteiger partial charge < -0.3 is 10.2 Å². The summed E-state index contributed by atoms with van der Waals surface area (Å²) in [6.07, 6.45) is 2.11. The molecule has 2 heterocycles. The van der Waals surface area contributed by atoms with Crippen molar-refractivity contribution in [3.8, 4) is 11.3 Å². The van der Waals surface area contributed by atoms with E-state index in [2.05, 4.69) is 15.0 Å². The molecule has 102 valence electrons. The van der Waals surface area contributed by atoms with Gasteiger partial charge in [0.25, 0.3) is 0 Å². The van der Waals surface area contributed by atoms with Gasteiger partial charge in [0.1, 0.15) is 11.3 Å². The molecule has 5 nitrogen and oxygen atoms in total. The van der Waals surface area contributed by atoms with Crippen LogP contribution in [0.1, 0.15) is 18.4 Å². The largest absolute Gasteiger partial charge is 0.443 e. The van der Waals surface area contributed by atoms with Crippen molar-refractivity contribution in [2.24, 2.45) is 5.73 Å². The Balaban J connectivity index is 2.05. The minimum atomic E-state index is 0.0430. The Morgan fingerprint density at radius 3 is 2.90 bits per heavy atom. The van der Waals surface area contributed by atoms with Crippen LogP contribution in [0.15, 0.2) is 35.1 Å². The van der Waals surface area contributed by atoms with Crippen LogP contribution in [0.4, 0.5) is 0 Å². The van der Waals surface area contributed by atoms with E-state index in [9.17, 15) is 0 Å². The number of rotatable bonds is 3. The summed E-state index contributed by atoms with van der Waals surface area (Å²) in [5.41, 5.74) is 10.2. The molecule has 2 aromatic heterocycles. The first-order chi connectivity index (χ1) is 9.61. The molecular weight excluding hydrogens is 252 g/mol. The van der Waals surface area contributed by atoms with Gasteiger partial charge in [0, 0.05) is 23.7 Å². The summed E-state index contributed by atoms with van der Waals surface area (Å²) < 4.78 is 5.33. The molecule has 1 atom stereocenters. The summed E-state index contributed by atoms with van der Waals surface area (Å²) in [5.74, 6) is 0.771. The Hall–Kier alpha value is -2.27. The van der Waals surface area contributed by atoms with Crippen molar-refractivity contribution in [2.45, 2.75) is 26.3 Å². The summed E-state index contributed by atoms with van der Waals surface area (Å²) in [5, 5.41) is 0. The normalized spacial score (nSPS) is 12.8. The van der Waals surface area contributed by atoms with Crippen LogP contribution in [-0.4, -0.2) is 21.0 Å². The van der Waals surface area contributed by atoms with E-state index in [0.717, 1.165) is 33.9 Å². The third kappa shape index (κ3) is 2.53. The Kier molecular flexibility index (Phi) is 3.20. The minimum Gasteiger partial charge on any atom is -0.443 e. The Labute approximate surface area is 116 Å². The van der Waals surface area contributed by atoms with E-state index in [1.54, 1.807) is 0 Å². The van der Waals surface area contributed by atoms with Crippen LogP contribution in [0, 0.1) is 6.92 Å². The minimum absolute atomic E-state index is 0.0430. The first-order valence-corrected chi connectivity index (χ1v) is 6.55. The zero-order valence-electron chi connectivity index (χ0n) is 11.5. The molecule has 0 saturated carbocycles. The molecule has 0 bridgehead atoms. The number of aromatic nitrogens is 3. The summed E-state index contributed by atoms with van der Waals surface area (Å²) in [6, 6.07) is 7.86. The average Bonchev–Trinajstić information content (AvgIpc) is 2.84. The van der Waals surface area contributed by atoms with Crippen LogP contribution in [0.3, 0.4) is 0 Å². The van der Waals surface area contributed by atoms with E-state index >= 15 is 0 Å². The maximum absolute atomic E-state index is 5.82. The molecule has 0 fully saturated rings. The van der Waals surface area contributed by atoms with Gasteiger partial charge in [-0.25, -0.2) is 15.0 Å². The van der Waals surface area contributed by atoms with Crippen LogP contribution in [0.2, 0.25) is 0 Å². The molecule has 5 heteroatoms. The highest BCUT2D eigenvalue weighted by atomic mass is 16.3. The van der Waals surface area contributed by atoms with Crippen molar-refractivity contribution in [1.82, 2.24) is 15.0 Å². The second-order valence-corrected chi connectivity index (χ2v) is 5.03. The molecule has 1 aromatic carbocycles. The molecule has 0 amide bonds. The number of fused-ring (bicyclic) bond motifs is 1. The van der Waals surface area contributed by atoms with Crippen molar-refractivity contribution in [1.29, 1.82) is 0 Å². The summed E-state index contributed by atoms with van der Waals surface area (Å²) in [6.45, 7) is 3.91. The Morgan fingerprint density at radius 1 is 1.25 bits per heavy atom. The molecule has 3 rings (SSSR count). The highest BCUT2D eigenvalue weighted by Crippen LogP contribution is 2.23. The van der Waals surface area contributed by atoms with Crippen molar-refractivity contribution in [2.75, 3.05) is 0 Å². The first kappa shape index (κ1) is 12.7. The van der Waals surface area contributed by atoms with E-state index < -0.39 is 0 Å². The van der Waals surface area contributed by atoms with E-state index in [1.165, 1.54) is 6.39 Å². The van der Waals surface area contributed by atoms with Crippen molar-refractivity contribution < 1.29 is 4.42 Å². The topological polar surface area (TPSA) is 77.8 Å². The lowest BCUT2D eigenvalue weighted by Crippen LogP contribution is -2.19. The third-order valence-corrected chi connectivity index (χ3v) is 3.03. The second-order valence-electron chi connectivity index (χ2n) is 5.03. The van der Waals surface area contributed by atoms with Gasteiger partial charge in [0.15, 0.2) is 12.0 Å². The van der Waals surface area contributed by atoms with Gasteiger partial charge in [0.2, 0.25) is 0 Å². The SMILES string of the molecule is Cc1cc(-c2ccc3ncoc3c2)nc(CC(C)N)n1. The van der Waals surface area contributed by atoms with Gasteiger partial charge in [-0.05, 0) is 32.0 Å². The number of oxazole rings is 1. The number of aryl methyl sites for hydroxylation is 1. The monoisotopic (exact) mass is 268 g/mol. The van der Waals surface area contributed by atoms with E-state index in [4.69, 9.17) is 10.2 Å². The number of nitrogens with zero attached hydrogens (tertiary/aromatic N) is 3. The predicted octanol–water partition coefficient (Wildman–Crippen LogP) is 2.48. The van der Waals surface area contributed by atoms with E-state index in [1.807, 2.05) is 38.1 Å². The molecule has 0 spiro atoms. The fourth-order valence-electron chi connectivity index (χ4n) is 2.17. The standard InChI is InChI=1S/C15H16N4O/c1-9(16)5-15-18-10(2)6-13(19-15)11-3-4-12-14(7-11)20-8-17-12/h3-4,6-9H,5,16H2,1-2H3. The lowest BCUT2D eigenvalue weighted by atomic mass is 10.1. The Bertz CT molecular complexity index is 748. The molecule has 0 radical (unpaired) electrons. The Morgan fingerprint density at radius 2 is 2.10 bits per heavy atom. The molecule has 0 saturated heterocycles. The van der Waals surface area contributed by atoms with Crippen molar-refractivity contribution in [3.05, 3.63) is 42.2 Å². The van der Waals surface area contributed by atoms with Gasteiger partial charge in [-0.2, -0.15) is 0 Å². The van der Waals surface area contributed by atoms with Gasteiger partial charge in [-0.1, -0.05) is 6.07 Å². The summed E-state index contributed by atoms with van der Waals surface area (Å²) in [7, 11) is 0. The fraction of sp³-hybridized carbons (Fsp3) is 0.267. The van der Waals surface area contributed by atoms with Gasteiger partial charge in [0.05, 0.1) is 5.69 Å². The van der Waals surface area contributed by atoms with Crippen LogP contribution in [0.25, 0.3) is 22.4 Å². The van der Waals surface area contributed by atoms with Gasteiger partial charge in [-0.15, -0.1) is 0 Å². The van der Waals surface area contributed by atoms with Gasteiger partial charge >= 0.3 is 0 Å². The lowest BCUT2D eigenvalue weighted by Gasteiger charge is -2.08. The molecular formula is C15H16N4O. The first-order valence-electron chi connectivity index (χ1n) is 6.55. The number of nitrogens with two attached hydrogens (primary N) is 1. The molecule has 20 heavy (non-hydrogen) atoms. The maximum atomic E-state index is 5.82. The summed E-state index contributed by atoms with van der Waals surface area (Å²) in [4.78, 5) is 13.1. The lowest BCUT2D eigenvalue weighted by molar-refractivity contribution is 0.602. The van der Waals surface area contributed by atoms with Crippen LogP contribution in [-0.2, 0) is 6.42 Å². The summed E-state index contributed by atoms with van der Waals surface area (Å²) >= 11 is 0. The molecule has 0 aliphatic rings. The predicted molar refractivity (Wildman–Crippen MR) is 77.1 cm³/mol. The number of hydrogen-bond donors (Lipinski definition) is 1. The smallest absolute Gasteiger partial charge is 0.181 e. The van der Waals surface area contributed by atoms with Gasteiger partial charge in [-0.3, -0.25) is 0 Å². The number of benzene rings is 1. The van der Waals surface area contributed by atoms with Crippen molar-refractivity contribution in [3.63, 3.8) is 0 Å². The molecule has 0 aliphatic carbocycles. The molecule has 0 aliphatic heterocycles. The van der Waals surface area contributed by atoms with Crippen molar-refractivity contribution >= 4 is 11.1 Å². The third-order valence-electron chi connectivity index (χ3n) is 3.03. The molecule has 2 N–H and O–H groups in total. The zero-order valence-corrected chi connectivity index (χ0v) is 11.5. The number of hydrogen-bond acceptors (Lipinski definition) is 5. The fourth-order valence-corrected chi connectivity index (χ4v) is 2.17. The molecule has 3 aromatic rings. The zero-order chi connectivity index (χ0) is 14.1. The van der Waals surface area contributed by atoms with E-state index in [-0.39, 0.29) is 6.04 Å². The van der Waals surface area contributed by atoms with Crippen LogP contribution < -0.4 is 5.73 Å². The maximum Gasteiger partial charge on any atom is 0.181 e. The average molecular weight is 268 g/mol. The van der Waals surface area contributed by atoms with Crippen LogP contribution >= 0.6 is 0 Å². The quantitative estimate of drug-likeness (QED) is 0.789. The van der Waals surface area contributed by atoms with E-state index in [0.29, 0.717) is 6.42 Å². The van der Waals surface area contributed by atoms with Crippen LogP contribution in [0.5, 0.6) is 0 Å². The highest BCUT2D eigenvalue weighted by Gasteiger charge is 2.08. The highest BCUT2D eigenvalue weighted by molar-refractivity contribution is 5.78.